The molecule has 148 valence electrons. The summed E-state index contributed by atoms with van der Waals surface area (Å²) in [6.45, 7) is 1.67. The molecule has 3 rings (SSSR count). The lowest BCUT2D eigenvalue weighted by atomic mass is 9.93. The molecule has 1 aliphatic rings. The molecule has 28 heavy (non-hydrogen) atoms. The highest BCUT2D eigenvalue weighted by molar-refractivity contribution is 5.99. The maximum atomic E-state index is 12.8. The first kappa shape index (κ1) is 20.2. The zero-order chi connectivity index (χ0) is 19.8. The van der Waals surface area contributed by atoms with Crippen LogP contribution in [-0.2, 0) is 11.2 Å². The number of ether oxygens (including phenoxy) is 1. The molecule has 1 saturated heterocycles. The molecule has 5 heteroatoms. The fourth-order valence-electron chi connectivity index (χ4n) is 3.62. The second-order valence-corrected chi connectivity index (χ2v) is 7.35. The zero-order valence-corrected chi connectivity index (χ0v) is 16.4. The Kier molecular flexibility index (Phi) is 7.31. The molecule has 1 N–H and O–H groups in total. The van der Waals surface area contributed by atoms with Crippen molar-refractivity contribution in [3.8, 4) is 0 Å². The maximum absolute atomic E-state index is 12.8. The smallest absolute Gasteiger partial charge is 0.269 e. The van der Waals surface area contributed by atoms with Crippen LogP contribution in [0.15, 0.2) is 42.5 Å². The summed E-state index contributed by atoms with van der Waals surface area (Å²) >= 11 is 0. The second kappa shape index (κ2) is 10.1. The Hall–Kier alpha value is -2.53. The van der Waals surface area contributed by atoms with Crippen LogP contribution in [0.2, 0.25) is 0 Å². The van der Waals surface area contributed by atoms with E-state index in [2.05, 4.69) is 10.3 Å². The minimum Gasteiger partial charge on any atom is -0.381 e. The van der Waals surface area contributed by atoms with Gasteiger partial charge in [-0.25, -0.2) is 4.98 Å². The van der Waals surface area contributed by atoms with Crippen molar-refractivity contribution in [1.82, 2.24) is 10.3 Å². The molecule has 0 radical (unpaired) electrons. The van der Waals surface area contributed by atoms with Crippen LogP contribution in [0.3, 0.4) is 0 Å². The Balaban J connectivity index is 1.69. The molecular weight excluding hydrogens is 352 g/mol. The van der Waals surface area contributed by atoms with E-state index in [4.69, 9.17) is 4.74 Å². The summed E-state index contributed by atoms with van der Waals surface area (Å²) in [5, 5.41) is 2.60. The normalized spacial score (nSPS) is 14.6. The van der Waals surface area contributed by atoms with E-state index in [0.717, 1.165) is 50.2 Å². The third kappa shape index (κ3) is 5.73. The maximum Gasteiger partial charge on any atom is 0.269 e. The van der Waals surface area contributed by atoms with Crippen LogP contribution in [-0.4, -0.2) is 36.9 Å². The van der Waals surface area contributed by atoms with E-state index >= 15 is 0 Å². The standard InChI is InChI=1S/C23H28N2O3/c1-24-23(27)21-16-19(15-20(25-21)14-18-6-3-2-4-7-18)22(26)9-5-8-17-10-12-28-13-11-17/h2-4,6-7,15-17H,5,8-14H2,1H3,(H,24,27). The number of aromatic nitrogens is 1. The molecule has 1 fully saturated rings. The second-order valence-electron chi connectivity index (χ2n) is 7.35. The van der Waals surface area contributed by atoms with Gasteiger partial charge in [0.15, 0.2) is 5.78 Å². The lowest BCUT2D eigenvalue weighted by Crippen LogP contribution is -2.20. The summed E-state index contributed by atoms with van der Waals surface area (Å²) < 4.78 is 5.39. The molecule has 2 aromatic rings. The van der Waals surface area contributed by atoms with Crippen molar-refractivity contribution >= 4 is 11.7 Å². The molecule has 0 atom stereocenters. The molecule has 1 aromatic heterocycles. The topological polar surface area (TPSA) is 68.3 Å². The van der Waals surface area contributed by atoms with Crippen molar-refractivity contribution in [1.29, 1.82) is 0 Å². The first-order chi connectivity index (χ1) is 13.7. The zero-order valence-electron chi connectivity index (χ0n) is 16.4. The van der Waals surface area contributed by atoms with Crippen LogP contribution in [0.25, 0.3) is 0 Å². The summed E-state index contributed by atoms with van der Waals surface area (Å²) in [6.07, 6.45) is 5.19. The first-order valence-corrected chi connectivity index (χ1v) is 10.0. The van der Waals surface area contributed by atoms with Gasteiger partial charge in [-0.1, -0.05) is 30.3 Å². The van der Waals surface area contributed by atoms with Gasteiger partial charge in [0.25, 0.3) is 5.91 Å². The fraction of sp³-hybridized carbons (Fsp3) is 0.435. The third-order valence-electron chi connectivity index (χ3n) is 5.25. The predicted octanol–water partition coefficient (Wildman–Crippen LogP) is 3.81. The number of ketones is 1. The minimum atomic E-state index is -0.272. The summed E-state index contributed by atoms with van der Waals surface area (Å²) in [6, 6.07) is 13.4. The summed E-state index contributed by atoms with van der Waals surface area (Å²) in [5.41, 5.74) is 2.71. The van der Waals surface area contributed by atoms with Gasteiger partial charge in [0.1, 0.15) is 5.69 Å². The molecule has 0 aliphatic carbocycles. The molecule has 1 aromatic carbocycles. The van der Waals surface area contributed by atoms with Gasteiger partial charge in [-0.05, 0) is 49.3 Å². The Morgan fingerprint density at radius 2 is 1.89 bits per heavy atom. The van der Waals surface area contributed by atoms with E-state index in [1.807, 2.05) is 36.4 Å². The molecule has 1 amide bonds. The van der Waals surface area contributed by atoms with Crippen molar-refractivity contribution in [2.24, 2.45) is 5.92 Å². The molecule has 5 nitrogen and oxygen atoms in total. The number of hydrogen-bond donors (Lipinski definition) is 1. The average Bonchev–Trinajstić information content (AvgIpc) is 2.74. The number of benzene rings is 1. The van der Waals surface area contributed by atoms with Crippen LogP contribution in [0.1, 0.15) is 64.2 Å². The van der Waals surface area contributed by atoms with Gasteiger partial charge in [0.2, 0.25) is 0 Å². The number of hydrogen-bond acceptors (Lipinski definition) is 4. The number of amides is 1. The van der Waals surface area contributed by atoms with Gasteiger partial charge < -0.3 is 10.1 Å². The fourth-order valence-corrected chi connectivity index (χ4v) is 3.62. The van der Waals surface area contributed by atoms with Crippen LogP contribution < -0.4 is 5.32 Å². The number of carbonyl (C=O) groups excluding carboxylic acids is 2. The van der Waals surface area contributed by atoms with Crippen molar-refractivity contribution in [2.45, 2.75) is 38.5 Å². The highest BCUT2D eigenvalue weighted by atomic mass is 16.5. The van der Waals surface area contributed by atoms with Crippen molar-refractivity contribution < 1.29 is 14.3 Å². The number of nitrogens with one attached hydrogen (secondary N) is 1. The molecular formula is C23H28N2O3. The Morgan fingerprint density at radius 1 is 1.14 bits per heavy atom. The van der Waals surface area contributed by atoms with E-state index in [1.165, 1.54) is 0 Å². The molecule has 2 heterocycles. The van der Waals surface area contributed by atoms with Crippen molar-refractivity contribution in [2.75, 3.05) is 20.3 Å². The first-order valence-electron chi connectivity index (χ1n) is 10.0. The summed E-state index contributed by atoms with van der Waals surface area (Å²) in [5.74, 6) is 0.467. The van der Waals surface area contributed by atoms with E-state index in [9.17, 15) is 9.59 Å². The SMILES string of the molecule is CNC(=O)c1cc(C(=O)CCCC2CCOCC2)cc(Cc2ccccc2)n1. The van der Waals surface area contributed by atoms with E-state index in [1.54, 1.807) is 13.1 Å². The Labute approximate surface area is 166 Å². The van der Waals surface area contributed by atoms with Crippen LogP contribution >= 0.6 is 0 Å². The van der Waals surface area contributed by atoms with Gasteiger partial charge in [0, 0.05) is 44.4 Å². The van der Waals surface area contributed by atoms with Gasteiger partial charge in [-0.15, -0.1) is 0 Å². The molecule has 0 spiro atoms. The van der Waals surface area contributed by atoms with Gasteiger partial charge >= 0.3 is 0 Å². The van der Waals surface area contributed by atoms with Crippen LogP contribution in [0, 0.1) is 5.92 Å². The highest BCUT2D eigenvalue weighted by Crippen LogP contribution is 2.22. The highest BCUT2D eigenvalue weighted by Gasteiger charge is 2.17. The number of Topliss-reactive ketones (excluding diaryl/α,β-unsaturated/α-hetero) is 1. The largest absolute Gasteiger partial charge is 0.381 e. The number of carbonyl (C=O) groups is 2. The Bertz CT molecular complexity index is 799. The lowest BCUT2D eigenvalue weighted by Gasteiger charge is -2.21. The van der Waals surface area contributed by atoms with Gasteiger partial charge in [-0.3, -0.25) is 9.59 Å². The summed E-state index contributed by atoms with van der Waals surface area (Å²) in [4.78, 5) is 29.3. The lowest BCUT2D eigenvalue weighted by molar-refractivity contribution is 0.0629. The molecule has 0 saturated carbocycles. The molecule has 0 bridgehead atoms. The monoisotopic (exact) mass is 380 g/mol. The predicted molar refractivity (Wildman–Crippen MR) is 109 cm³/mol. The van der Waals surface area contributed by atoms with E-state index in [-0.39, 0.29) is 11.7 Å². The van der Waals surface area contributed by atoms with Gasteiger partial charge in [0.05, 0.1) is 0 Å². The van der Waals surface area contributed by atoms with Crippen molar-refractivity contribution in [3.63, 3.8) is 0 Å². The minimum absolute atomic E-state index is 0.0777. The van der Waals surface area contributed by atoms with E-state index in [0.29, 0.717) is 30.0 Å². The van der Waals surface area contributed by atoms with Gasteiger partial charge in [-0.2, -0.15) is 0 Å². The quantitative estimate of drug-likeness (QED) is 0.707. The average molecular weight is 380 g/mol. The Morgan fingerprint density at radius 3 is 2.61 bits per heavy atom. The summed E-state index contributed by atoms with van der Waals surface area (Å²) in [7, 11) is 1.57. The number of nitrogens with zero attached hydrogens (tertiary/aromatic N) is 1. The van der Waals surface area contributed by atoms with E-state index < -0.39 is 0 Å². The number of pyridine rings is 1. The molecule has 1 aliphatic heterocycles. The number of rotatable bonds is 8. The molecule has 0 unspecified atom stereocenters. The van der Waals surface area contributed by atoms with Crippen molar-refractivity contribution in [3.05, 3.63) is 65.0 Å². The van der Waals surface area contributed by atoms with Crippen LogP contribution in [0.4, 0.5) is 0 Å². The van der Waals surface area contributed by atoms with Crippen LogP contribution in [0.5, 0.6) is 0 Å². The third-order valence-corrected chi connectivity index (χ3v) is 5.25.